The molecule has 4 aliphatic carbocycles. The largest absolute Gasteiger partial charge is 0.481 e. The van der Waals surface area contributed by atoms with Crippen molar-refractivity contribution < 1.29 is 19.4 Å². The molecule has 3 heterocycles. The van der Waals surface area contributed by atoms with Gasteiger partial charge in [-0.2, -0.15) is 5.10 Å². The van der Waals surface area contributed by atoms with E-state index in [0.29, 0.717) is 25.0 Å². The van der Waals surface area contributed by atoms with Crippen LogP contribution in [0.1, 0.15) is 127 Å². The van der Waals surface area contributed by atoms with Crippen molar-refractivity contribution in [1.82, 2.24) is 19.7 Å². The SMILES string of the molecule is CC[C@@H](C)[C@@]1(C)CC[C@]2(C)[C@H]3CC[C@H]4[C@@]5(C)CO[C@@H](C)[C@@]4(C[C@@H](n4ncnc4-c4ccncc4)[C@@H]5OCC(C)(N)C(C)(C)C)C3=CC[C@@]2(C)[C@@H]1C(=O)O. The molecular weight excluding hydrogens is 663 g/mol. The number of pyridine rings is 1. The second kappa shape index (κ2) is 12.7. The Morgan fingerprint density at radius 1 is 1.11 bits per heavy atom. The fourth-order valence-electron chi connectivity index (χ4n) is 12.9. The maximum atomic E-state index is 13.5. The summed E-state index contributed by atoms with van der Waals surface area (Å²) in [7, 11) is 0. The van der Waals surface area contributed by atoms with Gasteiger partial charge in [0.2, 0.25) is 0 Å². The molecule has 5 aliphatic rings. The lowest BCUT2D eigenvalue weighted by molar-refractivity contribution is -0.274. The van der Waals surface area contributed by atoms with Gasteiger partial charge in [0.05, 0.1) is 37.4 Å². The summed E-state index contributed by atoms with van der Waals surface area (Å²) in [5.74, 6) is 0.709. The molecule has 9 nitrogen and oxygen atoms in total. The average Bonchev–Trinajstić information content (AvgIpc) is 3.59. The van der Waals surface area contributed by atoms with Crippen LogP contribution in [0, 0.1) is 56.2 Å². The first kappa shape index (κ1) is 38.6. The van der Waals surface area contributed by atoms with Gasteiger partial charge in [-0.05, 0) is 104 Å². The first-order valence-corrected chi connectivity index (χ1v) is 20.5. The summed E-state index contributed by atoms with van der Waals surface area (Å²) >= 11 is 0. The summed E-state index contributed by atoms with van der Waals surface area (Å²) < 4.78 is 16.4. The van der Waals surface area contributed by atoms with Gasteiger partial charge < -0.3 is 20.3 Å². The van der Waals surface area contributed by atoms with Crippen LogP contribution in [0.15, 0.2) is 42.5 Å². The van der Waals surface area contributed by atoms with Gasteiger partial charge in [-0.25, -0.2) is 9.67 Å². The van der Waals surface area contributed by atoms with E-state index < -0.39 is 17.4 Å². The van der Waals surface area contributed by atoms with Crippen molar-refractivity contribution in [2.75, 3.05) is 13.2 Å². The normalized spacial score (nSPS) is 42.7. The Kier molecular flexibility index (Phi) is 9.26. The molecule has 0 amide bonds. The topological polar surface area (TPSA) is 125 Å². The minimum absolute atomic E-state index is 0.0162. The predicted octanol–water partition coefficient (Wildman–Crippen LogP) is 8.76. The lowest BCUT2D eigenvalue weighted by Crippen LogP contribution is -2.71. The lowest BCUT2D eigenvalue weighted by Gasteiger charge is -2.72. The number of nitrogens with zero attached hydrogens (tertiary/aromatic N) is 4. The van der Waals surface area contributed by atoms with Crippen LogP contribution in [0.3, 0.4) is 0 Å². The molecule has 3 N–H and O–H groups in total. The van der Waals surface area contributed by atoms with Gasteiger partial charge in [0, 0.05) is 34.3 Å². The highest BCUT2D eigenvalue weighted by Gasteiger charge is 2.73. The number of carboxylic acids is 1. The zero-order valence-corrected chi connectivity index (χ0v) is 34.4. The average molecular weight is 730 g/mol. The van der Waals surface area contributed by atoms with E-state index in [2.05, 4.69) is 91.9 Å². The number of aliphatic carboxylic acids is 1. The van der Waals surface area contributed by atoms with Crippen LogP contribution in [-0.4, -0.2) is 61.8 Å². The quantitative estimate of drug-likeness (QED) is 0.259. The van der Waals surface area contributed by atoms with E-state index in [0.717, 1.165) is 56.3 Å². The second-order valence-corrected chi connectivity index (χ2v) is 20.4. The number of fused-ring (bicyclic) bond motifs is 3. The molecule has 0 aromatic carbocycles. The summed E-state index contributed by atoms with van der Waals surface area (Å²) in [4.78, 5) is 22.6. The molecule has 3 saturated carbocycles. The number of nitrogens with two attached hydrogens (primary N) is 1. The number of aromatic nitrogens is 4. The summed E-state index contributed by atoms with van der Waals surface area (Å²) in [6, 6.07) is 3.88. The van der Waals surface area contributed by atoms with Gasteiger partial charge >= 0.3 is 5.97 Å². The fraction of sp³-hybridized carbons (Fsp3) is 0.773. The lowest BCUT2D eigenvalue weighted by atomic mass is 9.34. The van der Waals surface area contributed by atoms with Crippen molar-refractivity contribution in [1.29, 1.82) is 0 Å². The third kappa shape index (κ3) is 5.32. The monoisotopic (exact) mass is 730 g/mol. The smallest absolute Gasteiger partial charge is 0.307 e. The minimum Gasteiger partial charge on any atom is -0.481 e. The van der Waals surface area contributed by atoms with Gasteiger partial charge in [0.25, 0.3) is 0 Å². The maximum absolute atomic E-state index is 13.5. The Labute approximate surface area is 318 Å². The minimum atomic E-state index is -0.624. The van der Waals surface area contributed by atoms with E-state index in [4.69, 9.17) is 25.3 Å². The molecule has 0 spiro atoms. The Morgan fingerprint density at radius 3 is 2.45 bits per heavy atom. The molecule has 7 rings (SSSR count). The molecule has 292 valence electrons. The molecule has 1 unspecified atom stereocenters. The molecule has 2 bridgehead atoms. The van der Waals surface area contributed by atoms with Crippen molar-refractivity contribution in [2.24, 2.45) is 61.9 Å². The summed E-state index contributed by atoms with van der Waals surface area (Å²) in [5, 5.41) is 16.1. The van der Waals surface area contributed by atoms with E-state index in [-0.39, 0.29) is 56.7 Å². The van der Waals surface area contributed by atoms with E-state index in [1.807, 2.05) is 24.5 Å². The van der Waals surface area contributed by atoms with Gasteiger partial charge in [-0.1, -0.05) is 80.4 Å². The first-order chi connectivity index (χ1) is 24.7. The van der Waals surface area contributed by atoms with Crippen LogP contribution in [0.2, 0.25) is 0 Å². The molecule has 1 aliphatic heterocycles. The second-order valence-electron chi connectivity index (χ2n) is 20.4. The number of carbonyl (C=O) groups is 1. The van der Waals surface area contributed by atoms with Crippen molar-refractivity contribution >= 4 is 5.97 Å². The highest BCUT2D eigenvalue weighted by molar-refractivity contribution is 5.73. The van der Waals surface area contributed by atoms with Crippen LogP contribution < -0.4 is 5.73 Å². The molecule has 2 aromatic heterocycles. The first-order valence-electron chi connectivity index (χ1n) is 20.5. The number of hydrogen-bond donors (Lipinski definition) is 2. The zero-order chi connectivity index (χ0) is 38.6. The van der Waals surface area contributed by atoms with Crippen LogP contribution in [0.4, 0.5) is 0 Å². The molecule has 53 heavy (non-hydrogen) atoms. The number of allylic oxidation sites excluding steroid dienone is 1. The van der Waals surface area contributed by atoms with Crippen LogP contribution in [-0.2, 0) is 14.3 Å². The highest BCUT2D eigenvalue weighted by Crippen LogP contribution is 2.76. The van der Waals surface area contributed by atoms with Crippen molar-refractivity contribution in [2.45, 2.75) is 145 Å². The number of rotatable bonds is 8. The fourth-order valence-corrected chi connectivity index (χ4v) is 12.9. The Morgan fingerprint density at radius 2 is 1.81 bits per heavy atom. The summed E-state index contributed by atoms with van der Waals surface area (Å²) in [6.45, 7) is 25.9. The summed E-state index contributed by atoms with van der Waals surface area (Å²) in [6.07, 6.45) is 14.2. The van der Waals surface area contributed by atoms with E-state index in [1.54, 1.807) is 6.33 Å². The standard InChI is InChI=1S/C44H67N5O4/c1-12-27(2)39(7)19-20-41(9)30-13-14-33-40(8)24-52-28(3)44(33,31(30)15-18-42(41,10)34(39)37(50)51)23-32(35(40)53-25-43(11,45)38(4,5)6)49-36(47-26-48-49)29-16-21-46-22-17-29/h15-17,21-22,26-28,30,32-35H,12-14,18-20,23-25,45H2,1-11H3,(H,50,51)/t27-,28+,30+,32-,33+,34-,35+,39-,40-,41-,42+,43?,44+/m1/s1. The van der Waals surface area contributed by atoms with Gasteiger partial charge in [0.1, 0.15) is 6.33 Å². The highest BCUT2D eigenvalue weighted by atomic mass is 16.5. The maximum Gasteiger partial charge on any atom is 0.307 e. The van der Waals surface area contributed by atoms with Crippen LogP contribution in [0.25, 0.3) is 11.4 Å². The molecule has 9 heteroatoms. The van der Waals surface area contributed by atoms with Gasteiger partial charge in [-0.15, -0.1) is 0 Å². The summed E-state index contributed by atoms with van der Waals surface area (Å²) in [5.41, 5.74) is 7.41. The number of ether oxygens (including phenoxy) is 2. The Hall–Kier alpha value is -2.62. The zero-order valence-electron chi connectivity index (χ0n) is 34.4. The van der Waals surface area contributed by atoms with Gasteiger partial charge in [0.15, 0.2) is 5.82 Å². The third-order valence-electron chi connectivity index (χ3n) is 17.4. The number of hydrogen-bond acceptors (Lipinski definition) is 7. The molecule has 4 fully saturated rings. The van der Waals surface area contributed by atoms with E-state index in [9.17, 15) is 9.90 Å². The molecule has 13 atom stereocenters. The van der Waals surface area contributed by atoms with Crippen LogP contribution >= 0.6 is 0 Å². The van der Waals surface area contributed by atoms with Gasteiger partial charge in [-0.3, -0.25) is 9.78 Å². The molecule has 0 radical (unpaired) electrons. The van der Waals surface area contributed by atoms with E-state index in [1.165, 1.54) is 5.57 Å². The van der Waals surface area contributed by atoms with Crippen LogP contribution in [0.5, 0.6) is 0 Å². The Bertz CT molecular complexity index is 1730. The van der Waals surface area contributed by atoms with Crippen molar-refractivity contribution in [3.8, 4) is 11.4 Å². The van der Waals surface area contributed by atoms with E-state index >= 15 is 0 Å². The van der Waals surface area contributed by atoms with Crippen molar-refractivity contribution in [3.05, 3.63) is 42.5 Å². The van der Waals surface area contributed by atoms with Crippen molar-refractivity contribution in [3.63, 3.8) is 0 Å². The number of carboxylic acid groups (broad SMARTS) is 1. The Balaban J connectivity index is 1.38. The molecule has 1 saturated heterocycles. The molecular formula is C44H67N5O4. The predicted molar refractivity (Wildman–Crippen MR) is 208 cm³/mol. The third-order valence-corrected chi connectivity index (χ3v) is 17.4. The molecule has 2 aromatic rings.